The molecule has 1 aromatic carbocycles. The monoisotopic (exact) mass is 285 g/mol. The third-order valence-electron chi connectivity index (χ3n) is 2.40. The molecule has 1 atom stereocenters. The van der Waals surface area contributed by atoms with Gasteiger partial charge in [0, 0.05) is 6.04 Å². The molecule has 0 aromatic heterocycles. The third kappa shape index (κ3) is 4.82. The van der Waals surface area contributed by atoms with Gasteiger partial charge in [-0.05, 0) is 36.1 Å². The van der Waals surface area contributed by atoms with E-state index in [1.54, 1.807) is 0 Å². The smallest absolute Gasteiger partial charge is 0.324 e. The van der Waals surface area contributed by atoms with Gasteiger partial charge in [-0.1, -0.05) is 13.8 Å². The lowest BCUT2D eigenvalue weighted by atomic mass is 9.96. The van der Waals surface area contributed by atoms with Gasteiger partial charge in [0.05, 0.1) is 5.56 Å². The van der Waals surface area contributed by atoms with Gasteiger partial charge in [0.25, 0.3) is 0 Å². The molecule has 0 heterocycles. The van der Waals surface area contributed by atoms with Crippen molar-refractivity contribution in [1.82, 2.24) is 0 Å². The van der Waals surface area contributed by atoms with Crippen LogP contribution in [0.3, 0.4) is 0 Å². The van der Waals surface area contributed by atoms with Gasteiger partial charge < -0.3 is 5.73 Å². The predicted octanol–water partition coefficient (Wildman–Crippen LogP) is 4.31. The molecule has 0 radical (unpaired) electrons. The van der Waals surface area contributed by atoms with E-state index in [0.29, 0.717) is 12.5 Å². The van der Waals surface area contributed by atoms with Crippen molar-refractivity contribution in [3.63, 3.8) is 0 Å². The number of rotatable bonds is 3. The number of hydrogen-bond donors (Lipinski definition) is 1. The lowest BCUT2D eigenvalue weighted by molar-refractivity contribution is -0.137. The van der Waals surface area contributed by atoms with Gasteiger partial charge in [0.1, 0.15) is 5.82 Å². The zero-order chi connectivity index (χ0) is 13.2. The topological polar surface area (TPSA) is 26.0 Å². The molecule has 2 N–H and O–H groups in total. The van der Waals surface area contributed by atoms with Crippen LogP contribution in [-0.2, 0) is 6.18 Å². The van der Waals surface area contributed by atoms with E-state index in [1.807, 2.05) is 13.8 Å². The number of benzene rings is 1. The van der Waals surface area contributed by atoms with Gasteiger partial charge in [-0.25, -0.2) is 4.39 Å². The van der Waals surface area contributed by atoms with Crippen molar-refractivity contribution in [2.45, 2.75) is 32.5 Å². The Kier molecular flexibility index (Phi) is 6.10. The summed E-state index contributed by atoms with van der Waals surface area (Å²) in [5.41, 5.74) is 4.94. The fourth-order valence-corrected chi connectivity index (χ4v) is 1.63. The molecule has 18 heavy (non-hydrogen) atoms. The Labute approximate surface area is 110 Å². The number of hydrogen-bond acceptors (Lipinski definition) is 1. The summed E-state index contributed by atoms with van der Waals surface area (Å²) in [7, 11) is 0. The van der Waals surface area contributed by atoms with Crippen LogP contribution in [0.4, 0.5) is 17.6 Å². The SMILES string of the molecule is CC(C)C[C@@H](N)c1cc(F)cc(C(F)(F)F)c1.Cl. The average molecular weight is 286 g/mol. The maximum atomic E-state index is 13.1. The quantitative estimate of drug-likeness (QED) is 0.823. The zero-order valence-corrected chi connectivity index (χ0v) is 10.9. The minimum atomic E-state index is -4.55. The van der Waals surface area contributed by atoms with Gasteiger partial charge in [-0.15, -0.1) is 12.4 Å². The maximum absolute atomic E-state index is 13.1. The van der Waals surface area contributed by atoms with E-state index in [2.05, 4.69) is 0 Å². The van der Waals surface area contributed by atoms with Crippen LogP contribution in [0, 0.1) is 11.7 Å². The van der Waals surface area contributed by atoms with E-state index < -0.39 is 23.6 Å². The van der Waals surface area contributed by atoms with Crippen LogP contribution in [0.25, 0.3) is 0 Å². The summed E-state index contributed by atoms with van der Waals surface area (Å²) in [4.78, 5) is 0. The molecule has 6 heteroatoms. The first-order valence-corrected chi connectivity index (χ1v) is 5.33. The highest BCUT2D eigenvalue weighted by atomic mass is 35.5. The lowest BCUT2D eigenvalue weighted by Gasteiger charge is -2.16. The van der Waals surface area contributed by atoms with E-state index in [4.69, 9.17) is 5.73 Å². The Bertz CT molecular complexity index is 390. The Morgan fingerprint density at radius 1 is 1.17 bits per heavy atom. The molecule has 0 amide bonds. The van der Waals surface area contributed by atoms with Gasteiger partial charge >= 0.3 is 6.18 Å². The second-order valence-corrected chi connectivity index (χ2v) is 4.51. The zero-order valence-electron chi connectivity index (χ0n) is 10.1. The minimum absolute atomic E-state index is 0. The van der Waals surface area contributed by atoms with Crippen LogP contribution in [0.1, 0.15) is 37.4 Å². The number of alkyl halides is 3. The van der Waals surface area contributed by atoms with Crippen molar-refractivity contribution in [2.24, 2.45) is 11.7 Å². The van der Waals surface area contributed by atoms with Crippen molar-refractivity contribution < 1.29 is 17.6 Å². The molecule has 0 aliphatic carbocycles. The molecule has 1 rings (SSSR count). The summed E-state index contributed by atoms with van der Waals surface area (Å²) in [5, 5.41) is 0. The predicted molar refractivity (Wildman–Crippen MR) is 65.0 cm³/mol. The van der Waals surface area contributed by atoms with Gasteiger partial charge in [0.2, 0.25) is 0 Å². The average Bonchev–Trinajstić information content (AvgIpc) is 2.14. The Morgan fingerprint density at radius 2 is 1.72 bits per heavy atom. The first-order valence-electron chi connectivity index (χ1n) is 5.33. The van der Waals surface area contributed by atoms with Crippen LogP contribution < -0.4 is 5.73 Å². The molecule has 104 valence electrons. The summed E-state index contributed by atoms with van der Waals surface area (Å²) in [5.74, 6) is -0.670. The molecule has 0 saturated heterocycles. The summed E-state index contributed by atoms with van der Waals surface area (Å²) in [6, 6.07) is 1.87. The second kappa shape index (κ2) is 6.38. The van der Waals surface area contributed by atoms with Crippen molar-refractivity contribution in [1.29, 1.82) is 0 Å². The number of halogens is 5. The Morgan fingerprint density at radius 3 is 2.17 bits per heavy atom. The highest BCUT2D eigenvalue weighted by Crippen LogP contribution is 2.32. The summed E-state index contributed by atoms with van der Waals surface area (Å²) < 4.78 is 50.5. The largest absolute Gasteiger partial charge is 0.416 e. The van der Waals surface area contributed by atoms with E-state index in [1.165, 1.54) is 0 Å². The molecule has 0 unspecified atom stereocenters. The molecular weight excluding hydrogens is 270 g/mol. The van der Waals surface area contributed by atoms with Gasteiger partial charge in [0.15, 0.2) is 0 Å². The molecule has 1 aromatic rings. The number of nitrogens with two attached hydrogens (primary N) is 1. The van der Waals surface area contributed by atoms with Crippen molar-refractivity contribution in [2.75, 3.05) is 0 Å². The highest BCUT2D eigenvalue weighted by Gasteiger charge is 2.31. The first-order chi connectivity index (χ1) is 7.70. The summed E-state index contributed by atoms with van der Waals surface area (Å²) in [6.07, 6.45) is -4.03. The lowest BCUT2D eigenvalue weighted by Crippen LogP contribution is -2.15. The summed E-state index contributed by atoms with van der Waals surface area (Å²) >= 11 is 0. The standard InChI is InChI=1S/C12H15F4N.ClH/c1-7(2)3-11(17)8-4-9(12(14,15)16)6-10(13)5-8;/h4-7,11H,3,17H2,1-2H3;1H/t11-;/m1./s1. The molecule has 0 bridgehead atoms. The minimum Gasteiger partial charge on any atom is -0.324 e. The highest BCUT2D eigenvalue weighted by molar-refractivity contribution is 5.85. The fraction of sp³-hybridized carbons (Fsp3) is 0.500. The molecule has 0 fully saturated rings. The first kappa shape index (κ1) is 17.2. The van der Waals surface area contributed by atoms with Gasteiger partial charge in [-0.2, -0.15) is 13.2 Å². The third-order valence-corrected chi connectivity index (χ3v) is 2.40. The molecule has 0 saturated carbocycles. The molecular formula is C12H16ClF4N. The molecule has 0 aliphatic heterocycles. The van der Waals surface area contributed by atoms with Crippen molar-refractivity contribution in [3.8, 4) is 0 Å². The van der Waals surface area contributed by atoms with E-state index >= 15 is 0 Å². The van der Waals surface area contributed by atoms with Crippen LogP contribution in [0.5, 0.6) is 0 Å². The van der Waals surface area contributed by atoms with Gasteiger partial charge in [-0.3, -0.25) is 0 Å². The Balaban J connectivity index is 0.00000289. The van der Waals surface area contributed by atoms with Crippen molar-refractivity contribution in [3.05, 3.63) is 35.1 Å². The van der Waals surface area contributed by atoms with Crippen molar-refractivity contribution >= 4 is 12.4 Å². The van der Waals surface area contributed by atoms with E-state index in [0.717, 1.165) is 12.1 Å². The molecule has 0 aliphatic rings. The second-order valence-electron chi connectivity index (χ2n) is 4.51. The maximum Gasteiger partial charge on any atom is 0.416 e. The normalized spacial score (nSPS) is 13.3. The summed E-state index contributed by atoms with van der Waals surface area (Å²) in [6.45, 7) is 3.81. The fourth-order valence-electron chi connectivity index (χ4n) is 1.63. The van der Waals surface area contributed by atoms with Crippen LogP contribution in [-0.4, -0.2) is 0 Å². The van der Waals surface area contributed by atoms with Crippen LogP contribution >= 0.6 is 12.4 Å². The Hall–Kier alpha value is -0.810. The van der Waals surface area contributed by atoms with Crippen LogP contribution in [0.15, 0.2) is 18.2 Å². The van der Waals surface area contributed by atoms with E-state index in [-0.39, 0.29) is 23.9 Å². The van der Waals surface area contributed by atoms with E-state index in [9.17, 15) is 17.6 Å². The van der Waals surface area contributed by atoms with Crippen LogP contribution in [0.2, 0.25) is 0 Å². The molecule has 0 spiro atoms. The molecule has 1 nitrogen and oxygen atoms in total.